The molecule has 2 aromatic heterocycles. The summed E-state index contributed by atoms with van der Waals surface area (Å²) < 4.78 is 7.55. The Morgan fingerprint density at radius 2 is 2.16 bits per heavy atom. The molecule has 0 atom stereocenters. The Balaban J connectivity index is 1.49. The van der Waals surface area contributed by atoms with Crippen LogP contribution in [0.1, 0.15) is 27.4 Å². The van der Waals surface area contributed by atoms with E-state index in [1.54, 1.807) is 17.1 Å². The maximum absolute atomic E-state index is 12.7. The Kier molecular flexibility index (Phi) is 3.97. The molecule has 128 valence electrons. The molecule has 4 rings (SSSR count). The summed E-state index contributed by atoms with van der Waals surface area (Å²) in [5.74, 6) is 0.791. The molecule has 0 bridgehead atoms. The molecule has 0 saturated carbocycles. The van der Waals surface area contributed by atoms with Crippen LogP contribution in [0.3, 0.4) is 0 Å². The van der Waals surface area contributed by atoms with Gasteiger partial charge in [-0.05, 0) is 12.1 Å². The van der Waals surface area contributed by atoms with Crippen LogP contribution < -0.4 is 4.74 Å². The fourth-order valence-corrected chi connectivity index (χ4v) is 3.04. The minimum atomic E-state index is -0.0122. The number of hydrogen-bond donors (Lipinski definition) is 1. The topological polar surface area (TPSA) is 76.0 Å². The summed E-state index contributed by atoms with van der Waals surface area (Å²) in [5, 5.41) is 7.46. The largest absolute Gasteiger partial charge is 0.487 e. The Hall–Kier alpha value is -3.09. The van der Waals surface area contributed by atoms with Gasteiger partial charge in [-0.3, -0.25) is 9.89 Å². The van der Waals surface area contributed by atoms with E-state index in [-0.39, 0.29) is 5.91 Å². The van der Waals surface area contributed by atoms with Crippen molar-refractivity contribution in [2.75, 3.05) is 6.54 Å². The summed E-state index contributed by atoms with van der Waals surface area (Å²) in [4.78, 5) is 18.6. The van der Waals surface area contributed by atoms with Crippen molar-refractivity contribution in [1.82, 2.24) is 24.6 Å². The van der Waals surface area contributed by atoms with Crippen molar-refractivity contribution in [1.29, 1.82) is 0 Å². The second-order valence-corrected chi connectivity index (χ2v) is 6.10. The van der Waals surface area contributed by atoms with E-state index >= 15 is 0 Å². The van der Waals surface area contributed by atoms with Crippen molar-refractivity contribution in [3.8, 4) is 5.75 Å². The number of aromatic amines is 1. The van der Waals surface area contributed by atoms with Gasteiger partial charge in [-0.15, -0.1) is 0 Å². The van der Waals surface area contributed by atoms with E-state index < -0.39 is 0 Å². The maximum Gasteiger partial charge on any atom is 0.272 e. The highest BCUT2D eigenvalue weighted by molar-refractivity contribution is 5.92. The van der Waals surface area contributed by atoms with Gasteiger partial charge in [-0.1, -0.05) is 18.2 Å². The highest BCUT2D eigenvalue weighted by Gasteiger charge is 2.27. The minimum absolute atomic E-state index is 0.0122. The van der Waals surface area contributed by atoms with Crippen molar-refractivity contribution in [2.24, 2.45) is 7.05 Å². The van der Waals surface area contributed by atoms with Crippen molar-refractivity contribution >= 4 is 5.91 Å². The van der Waals surface area contributed by atoms with Crippen molar-refractivity contribution in [2.45, 2.75) is 19.6 Å². The first-order chi connectivity index (χ1) is 12.2. The lowest BCUT2D eigenvalue weighted by Gasteiger charge is -2.27. The van der Waals surface area contributed by atoms with Gasteiger partial charge in [0.25, 0.3) is 5.91 Å². The lowest BCUT2D eigenvalue weighted by atomic mass is 10.1. The van der Waals surface area contributed by atoms with Crippen LogP contribution in [0.2, 0.25) is 0 Å². The van der Waals surface area contributed by atoms with E-state index in [2.05, 4.69) is 15.2 Å². The molecule has 1 aromatic carbocycles. The normalized spacial score (nSPS) is 13.6. The van der Waals surface area contributed by atoms with E-state index in [4.69, 9.17) is 4.74 Å². The molecule has 0 radical (unpaired) electrons. The van der Waals surface area contributed by atoms with E-state index in [1.165, 1.54) is 0 Å². The number of ether oxygens (including phenoxy) is 1. The number of amides is 1. The molecule has 25 heavy (non-hydrogen) atoms. The number of nitrogens with one attached hydrogen (secondary N) is 1. The van der Waals surface area contributed by atoms with Crippen LogP contribution in [-0.2, 0) is 26.6 Å². The van der Waals surface area contributed by atoms with Crippen LogP contribution in [0.25, 0.3) is 0 Å². The maximum atomic E-state index is 12.7. The van der Waals surface area contributed by atoms with Gasteiger partial charge in [0.05, 0.1) is 12.5 Å². The number of hydrogen-bond acceptors (Lipinski definition) is 4. The average Bonchev–Trinajstić information content (AvgIpc) is 3.26. The first-order valence-corrected chi connectivity index (χ1v) is 8.21. The minimum Gasteiger partial charge on any atom is -0.487 e. The van der Waals surface area contributed by atoms with Crippen molar-refractivity contribution in [3.63, 3.8) is 0 Å². The molecule has 1 amide bonds. The molecular weight excluding hydrogens is 318 g/mol. The zero-order chi connectivity index (χ0) is 17.2. The molecule has 1 aliphatic heterocycles. The van der Waals surface area contributed by atoms with Crippen molar-refractivity contribution < 1.29 is 9.53 Å². The highest BCUT2D eigenvalue weighted by Crippen LogP contribution is 2.23. The number of benzene rings is 1. The molecule has 0 unspecified atom stereocenters. The molecule has 3 aromatic rings. The monoisotopic (exact) mass is 337 g/mol. The summed E-state index contributed by atoms with van der Waals surface area (Å²) >= 11 is 0. The number of nitrogens with zero attached hydrogens (tertiary/aromatic N) is 4. The molecule has 1 N–H and O–H groups in total. The van der Waals surface area contributed by atoms with Gasteiger partial charge in [0.1, 0.15) is 23.7 Å². The fraction of sp³-hybridized carbons (Fsp3) is 0.278. The Morgan fingerprint density at radius 1 is 1.32 bits per heavy atom. The standard InChI is InChI=1S/C18H19N5O2/c1-22-12-19-9-17(22)18(24)23-8-7-15-14(10-23)16(21-20-15)11-25-13-5-3-2-4-6-13/h2-6,9,12H,7-8,10-11H2,1H3,(H,20,21). The summed E-state index contributed by atoms with van der Waals surface area (Å²) in [6, 6.07) is 9.65. The Morgan fingerprint density at radius 3 is 2.92 bits per heavy atom. The first-order valence-electron chi connectivity index (χ1n) is 8.21. The predicted octanol–water partition coefficient (Wildman–Crippen LogP) is 1.92. The molecule has 7 nitrogen and oxygen atoms in total. The fourth-order valence-electron chi connectivity index (χ4n) is 3.04. The second-order valence-electron chi connectivity index (χ2n) is 6.10. The van der Waals surface area contributed by atoms with Crippen LogP contribution >= 0.6 is 0 Å². The zero-order valence-corrected chi connectivity index (χ0v) is 14.0. The van der Waals surface area contributed by atoms with Gasteiger partial charge in [0.2, 0.25) is 0 Å². The number of carbonyl (C=O) groups is 1. The molecule has 3 heterocycles. The third kappa shape index (κ3) is 3.00. The Bertz CT molecular complexity index is 884. The lowest BCUT2D eigenvalue weighted by molar-refractivity contribution is 0.0723. The third-order valence-corrected chi connectivity index (χ3v) is 4.46. The quantitative estimate of drug-likeness (QED) is 0.789. The van der Waals surface area contributed by atoms with Gasteiger partial charge >= 0.3 is 0 Å². The number of fused-ring (bicyclic) bond motifs is 1. The molecular formula is C18H19N5O2. The molecule has 7 heteroatoms. The number of carbonyl (C=O) groups excluding carboxylic acids is 1. The molecule has 0 aliphatic carbocycles. The third-order valence-electron chi connectivity index (χ3n) is 4.46. The van der Waals surface area contributed by atoms with Crippen LogP contribution in [0.4, 0.5) is 0 Å². The highest BCUT2D eigenvalue weighted by atomic mass is 16.5. The van der Waals surface area contributed by atoms with E-state index in [0.717, 1.165) is 29.1 Å². The molecule has 1 aliphatic rings. The van der Waals surface area contributed by atoms with Gasteiger partial charge in [0, 0.05) is 37.8 Å². The van der Waals surface area contributed by atoms with Gasteiger partial charge in [0.15, 0.2) is 0 Å². The molecule has 0 spiro atoms. The number of para-hydroxylation sites is 1. The average molecular weight is 337 g/mol. The molecule has 0 saturated heterocycles. The van der Waals surface area contributed by atoms with Crippen LogP contribution in [0.5, 0.6) is 5.75 Å². The Labute approximate surface area is 145 Å². The molecule has 0 fully saturated rings. The van der Waals surface area contributed by atoms with Gasteiger partial charge in [-0.25, -0.2) is 4.98 Å². The number of imidazole rings is 1. The SMILES string of the molecule is Cn1cncc1C(=O)N1CCc2[nH]nc(COc3ccccc3)c2C1. The summed E-state index contributed by atoms with van der Waals surface area (Å²) in [6.07, 6.45) is 4.00. The summed E-state index contributed by atoms with van der Waals surface area (Å²) in [5.41, 5.74) is 3.58. The van der Waals surface area contributed by atoms with E-state index in [0.29, 0.717) is 25.4 Å². The predicted molar refractivity (Wildman–Crippen MR) is 91.0 cm³/mol. The smallest absolute Gasteiger partial charge is 0.272 e. The van der Waals surface area contributed by atoms with E-state index in [1.807, 2.05) is 42.3 Å². The second kappa shape index (κ2) is 6.43. The zero-order valence-electron chi connectivity index (χ0n) is 14.0. The lowest BCUT2D eigenvalue weighted by Crippen LogP contribution is -2.37. The number of rotatable bonds is 4. The van der Waals surface area contributed by atoms with Crippen LogP contribution in [-0.4, -0.2) is 37.1 Å². The summed E-state index contributed by atoms with van der Waals surface area (Å²) in [6.45, 7) is 1.57. The van der Waals surface area contributed by atoms with Crippen LogP contribution in [0.15, 0.2) is 42.9 Å². The van der Waals surface area contributed by atoms with Gasteiger partial charge < -0.3 is 14.2 Å². The first kappa shape index (κ1) is 15.4. The van der Waals surface area contributed by atoms with Gasteiger partial charge in [-0.2, -0.15) is 5.10 Å². The van der Waals surface area contributed by atoms with Crippen LogP contribution in [0, 0.1) is 0 Å². The number of aryl methyl sites for hydroxylation is 1. The summed E-state index contributed by atoms with van der Waals surface area (Å²) in [7, 11) is 1.83. The number of H-pyrrole nitrogens is 1. The van der Waals surface area contributed by atoms with E-state index in [9.17, 15) is 4.79 Å². The number of aromatic nitrogens is 4. The van der Waals surface area contributed by atoms with Crippen molar-refractivity contribution in [3.05, 3.63) is 65.5 Å².